The lowest BCUT2D eigenvalue weighted by molar-refractivity contribution is -0.371. The standard InChI is InChI=1S/C30H50O12/c1-19-15-13-11-9-7-5-3-2-4-6-8-10-12-14-16-22(32)38-18-21-24(34)25(35)27(37)29(41-21)42-28-26(36)23(33)20(17-31)40-30(28)39-19/h2-3,7,9,19-21,23-31,33-37H,4-6,8,10-18H2,1H3/t19-,20+,21+,23+,24+,25-,26-,27+,28+,29-,30+/m0/s1. The van der Waals surface area contributed by atoms with Crippen molar-refractivity contribution < 1.29 is 59.1 Å². The zero-order chi connectivity index (χ0) is 30.5. The normalized spacial score (nSPS) is 41.0. The highest BCUT2D eigenvalue weighted by Gasteiger charge is 2.51. The number of cyclic esters (lactones) is 1. The number of aliphatic hydroxyl groups is 6. The average molecular weight is 603 g/mol. The molecule has 242 valence electrons. The minimum Gasteiger partial charge on any atom is -0.463 e. The summed E-state index contributed by atoms with van der Waals surface area (Å²) in [6.45, 7) is 0.850. The van der Waals surface area contributed by atoms with Crippen molar-refractivity contribution in [2.75, 3.05) is 13.2 Å². The summed E-state index contributed by atoms with van der Waals surface area (Å²) in [5.74, 6) is -0.474. The van der Waals surface area contributed by atoms with Gasteiger partial charge in [-0.25, -0.2) is 0 Å². The molecule has 11 atom stereocenters. The molecule has 0 spiro atoms. The Morgan fingerprint density at radius 3 is 2.14 bits per heavy atom. The molecule has 0 radical (unpaired) electrons. The average Bonchev–Trinajstić information content (AvgIpc) is 2.97. The quantitative estimate of drug-likeness (QED) is 0.185. The number of carbonyl (C=O) groups excluding carboxylic acids is 1. The molecule has 2 bridgehead atoms. The zero-order valence-corrected chi connectivity index (χ0v) is 24.5. The Morgan fingerprint density at radius 2 is 1.40 bits per heavy atom. The van der Waals surface area contributed by atoms with Crippen molar-refractivity contribution >= 4 is 5.97 Å². The van der Waals surface area contributed by atoms with Gasteiger partial charge in [-0.05, 0) is 51.9 Å². The highest BCUT2D eigenvalue weighted by Crippen LogP contribution is 2.31. The molecule has 2 saturated heterocycles. The molecule has 0 aliphatic carbocycles. The molecule has 2 fully saturated rings. The van der Waals surface area contributed by atoms with Crippen LogP contribution in [0.2, 0.25) is 0 Å². The van der Waals surface area contributed by atoms with Crippen LogP contribution >= 0.6 is 0 Å². The Kier molecular flexibility index (Phi) is 15.3. The van der Waals surface area contributed by atoms with Gasteiger partial charge in [-0.3, -0.25) is 4.79 Å². The smallest absolute Gasteiger partial charge is 0.305 e. The first-order valence-electron chi connectivity index (χ1n) is 15.3. The Morgan fingerprint density at radius 1 is 0.714 bits per heavy atom. The van der Waals surface area contributed by atoms with Gasteiger partial charge in [-0.15, -0.1) is 0 Å². The minimum atomic E-state index is -1.74. The van der Waals surface area contributed by atoms with Gasteiger partial charge in [0.05, 0.1) is 12.7 Å². The van der Waals surface area contributed by atoms with Gasteiger partial charge in [0.25, 0.3) is 0 Å². The topological polar surface area (TPSA) is 185 Å². The van der Waals surface area contributed by atoms with Crippen LogP contribution in [0.1, 0.15) is 77.6 Å². The van der Waals surface area contributed by atoms with Crippen molar-refractivity contribution in [2.24, 2.45) is 0 Å². The van der Waals surface area contributed by atoms with E-state index in [0.29, 0.717) is 12.8 Å². The molecule has 3 rings (SSSR count). The molecule has 0 aromatic rings. The van der Waals surface area contributed by atoms with Crippen LogP contribution in [-0.4, -0.2) is 117 Å². The predicted octanol–water partition coefficient (Wildman–Crippen LogP) is 0.984. The molecule has 0 aromatic carbocycles. The van der Waals surface area contributed by atoms with E-state index in [1.807, 2.05) is 6.92 Å². The number of fused-ring (bicyclic) bond motifs is 3. The van der Waals surface area contributed by atoms with Gasteiger partial charge in [0.1, 0.15) is 55.4 Å². The summed E-state index contributed by atoms with van der Waals surface area (Å²) in [7, 11) is 0. The molecule has 12 nitrogen and oxygen atoms in total. The van der Waals surface area contributed by atoms with E-state index in [0.717, 1.165) is 51.4 Å². The summed E-state index contributed by atoms with van der Waals surface area (Å²) < 4.78 is 28.5. The van der Waals surface area contributed by atoms with E-state index in [1.165, 1.54) is 0 Å². The number of rotatable bonds is 1. The Labute approximate surface area is 247 Å². The van der Waals surface area contributed by atoms with Crippen LogP contribution in [-0.2, 0) is 28.5 Å². The maximum Gasteiger partial charge on any atom is 0.305 e. The molecule has 12 heteroatoms. The van der Waals surface area contributed by atoms with Gasteiger partial charge >= 0.3 is 5.97 Å². The number of hydrogen-bond acceptors (Lipinski definition) is 12. The predicted molar refractivity (Wildman–Crippen MR) is 150 cm³/mol. The summed E-state index contributed by atoms with van der Waals surface area (Å²) in [6, 6.07) is 0. The fourth-order valence-electron chi connectivity index (χ4n) is 5.27. The van der Waals surface area contributed by atoms with E-state index in [1.54, 1.807) is 0 Å². The third kappa shape index (κ3) is 10.6. The van der Waals surface area contributed by atoms with Crippen molar-refractivity contribution in [2.45, 2.75) is 145 Å². The highest BCUT2D eigenvalue weighted by atomic mass is 16.8. The van der Waals surface area contributed by atoms with Crippen LogP contribution in [0.25, 0.3) is 0 Å². The zero-order valence-electron chi connectivity index (χ0n) is 24.5. The fraction of sp³-hybridized carbons (Fsp3) is 0.833. The van der Waals surface area contributed by atoms with Crippen molar-refractivity contribution in [1.29, 1.82) is 0 Å². The molecule has 42 heavy (non-hydrogen) atoms. The van der Waals surface area contributed by atoms with Gasteiger partial charge in [0.15, 0.2) is 12.6 Å². The van der Waals surface area contributed by atoms with Crippen LogP contribution in [0, 0.1) is 0 Å². The van der Waals surface area contributed by atoms with Crippen molar-refractivity contribution in [1.82, 2.24) is 0 Å². The second-order valence-electron chi connectivity index (χ2n) is 11.4. The van der Waals surface area contributed by atoms with Crippen molar-refractivity contribution in [3.05, 3.63) is 24.3 Å². The highest BCUT2D eigenvalue weighted by molar-refractivity contribution is 5.69. The SMILES string of the molecule is C[C@H]1CCCC=CCC=CCCCCCCCC(=O)OC[C@H]2O[C@@H](O[C@H]3[C@H](O1)O[C@H](CO)[C@@H](O)[C@@H]3O)[C@H](O)[C@@H](O)[C@@H]2O. The first-order chi connectivity index (χ1) is 20.2. The molecule has 3 aliphatic rings. The third-order valence-corrected chi connectivity index (χ3v) is 7.90. The molecule has 0 saturated carbocycles. The largest absolute Gasteiger partial charge is 0.463 e. The van der Waals surface area contributed by atoms with Crippen LogP contribution in [0.15, 0.2) is 24.3 Å². The summed E-state index contributed by atoms with van der Waals surface area (Å²) in [6.07, 6.45) is 2.61. The van der Waals surface area contributed by atoms with E-state index >= 15 is 0 Å². The fourth-order valence-corrected chi connectivity index (χ4v) is 5.27. The number of esters is 1. The lowest BCUT2D eigenvalue weighted by atomic mass is 9.97. The molecule has 0 amide bonds. The Balaban J connectivity index is 1.72. The summed E-state index contributed by atoms with van der Waals surface area (Å²) in [4.78, 5) is 12.3. The van der Waals surface area contributed by atoms with E-state index in [4.69, 9.17) is 23.7 Å². The van der Waals surface area contributed by atoms with Crippen molar-refractivity contribution in [3.63, 3.8) is 0 Å². The van der Waals surface area contributed by atoms with Gasteiger partial charge in [-0.1, -0.05) is 43.6 Å². The summed E-state index contributed by atoms with van der Waals surface area (Å²) >= 11 is 0. The van der Waals surface area contributed by atoms with E-state index in [-0.39, 0.29) is 19.1 Å². The number of ether oxygens (including phenoxy) is 5. The van der Waals surface area contributed by atoms with E-state index < -0.39 is 74.0 Å². The second-order valence-corrected chi connectivity index (χ2v) is 11.4. The van der Waals surface area contributed by atoms with Crippen LogP contribution in [0.3, 0.4) is 0 Å². The Hall–Kier alpha value is -1.45. The molecule has 3 heterocycles. The number of aliphatic hydroxyl groups excluding tert-OH is 6. The van der Waals surface area contributed by atoms with Crippen LogP contribution in [0.4, 0.5) is 0 Å². The molecular weight excluding hydrogens is 552 g/mol. The molecule has 0 aromatic heterocycles. The number of allylic oxidation sites excluding steroid dienone is 4. The number of hydrogen-bond donors (Lipinski definition) is 6. The van der Waals surface area contributed by atoms with Crippen LogP contribution < -0.4 is 0 Å². The van der Waals surface area contributed by atoms with Gasteiger partial charge in [0.2, 0.25) is 0 Å². The minimum absolute atomic E-state index is 0.201. The first-order valence-corrected chi connectivity index (χ1v) is 15.3. The first kappa shape index (κ1) is 35.0. The monoisotopic (exact) mass is 602 g/mol. The molecular formula is C30H50O12. The number of carbonyl (C=O) groups is 1. The molecule has 6 N–H and O–H groups in total. The molecule has 0 unspecified atom stereocenters. The summed E-state index contributed by atoms with van der Waals surface area (Å²) in [5, 5.41) is 62.6. The molecule has 3 aliphatic heterocycles. The van der Waals surface area contributed by atoms with Gasteiger partial charge in [0, 0.05) is 6.42 Å². The van der Waals surface area contributed by atoms with Gasteiger partial charge in [-0.2, -0.15) is 0 Å². The van der Waals surface area contributed by atoms with E-state index in [9.17, 15) is 35.4 Å². The van der Waals surface area contributed by atoms with Crippen molar-refractivity contribution in [3.8, 4) is 0 Å². The van der Waals surface area contributed by atoms with Crippen LogP contribution in [0.5, 0.6) is 0 Å². The lowest BCUT2D eigenvalue weighted by Crippen LogP contribution is -2.65. The second kappa shape index (κ2) is 18.4. The maximum absolute atomic E-state index is 12.3. The summed E-state index contributed by atoms with van der Waals surface area (Å²) in [5.41, 5.74) is 0. The lowest BCUT2D eigenvalue weighted by Gasteiger charge is -2.46. The van der Waals surface area contributed by atoms with Gasteiger partial charge < -0.3 is 54.3 Å². The third-order valence-electron chi connectivity index (χ3n) is 7.90. The Bertz CT molecular complexity index is 837. The maximum atomic E-state index is 12.3. The van der Waals surface area contributed by atoms with E-state index in [2.05, 4.69) is 24.3 Å².